The van der Waals surface area contributed by atoms with Crippen LogP contribution < -0.4 is 4.80 Å². The molecule has 0 aliphatic heterocycles. The third-order valence-electron chi connectivity index (χ3n) is 4.03. The lowest BCUT2D eigenvalue weighted by Crippen LogP contribution is -2.16. The number of aromatic nitrogens is 1. The van der Waals surface area contributed by atoms with Gasteiger partial charge in [0.1, 0.15) is 0 Å². The molecule has 0 unspecified atom stereocenters. The van der Waals surface area contributed by atoms with Crippen molar-refractivity contribution in [2.75, 3.05) is 0 Å². The molecule has 1 heterocycles. The lowest BCUT2D eigenvalue weighted by atomic mass is 10.1. The quantitative estimate of drug-likeness (QED) is 0.450. The molecule has 1 aromatic heterocycles. The Balaban J connectivity index is 2.04. The molecule has 3 aromatic rings. The first-order valence-electron chi connectivity index (χ1n) is 8.79. The van der Waals surface area contributed by atoms with Crippen LogP contribution in [-0.2, 0) is 6.54 Å². The van der Waals surface area contributed by atoms with Gasteiger partial charge in [0.05, 0.1) is 16.8 Å². The highest BCUT2D eigenvalue weighted by atomic mass is 32.2. The smallest absolute Gasteiger partial charge is 0.279 e. The lowest BCUT2D eigenvalue weighted by Gasteiger charge is -2.05. The number of carbonyl (C=O) groups excluding carboxylic acids is 1. The second-order valence-electron chi connectivity index (χ2n) is 6.71. The number of nitrogens with zero attached hydrogens (tertiary/aromatic N) is 2. The Kier molecular flexibility index (Phi) is 5.88. The average molecular weight is 395 g/mol. The van der Waals surface area contributed by atoms with Gasteiger partial charge in [0.25, 0.3) is 5.91 Å². The van der Waals surface area contributed by atoms with Gasteiger partial charge in [0.2, 0.25) is 0 Å². The predicted octanol–water partition coefficient (Wildman–Crippen LogP) is 5.19. The van der Waals surface area contributed by atoms with Gasteiger partial charge in [-0.3, -0.25) is 4.79 Å². The van der Waals surface area contributed by atoms with Crippen molar-refractivity contribution in [1.29, 1.82) is 0 Å². The Labute approximate surface area is 168 Å². The predicted molar refractivity (Wildman–Crippen MR) is 115 cm³/mol. The van der Waals surface area contributed by atoms with E-state index in [4.69, 9.17) is 6.42 Å². The van der Waals surface area contributed by atoms with Gasteiger partial charge in [0, 0.05) is 15.7 Å². The summed E-state index contributed by atoms with van der Waals surface area (Å²) < 4.78 is 3.06. The fourth-order valence-electron chi connectivity index (χ4n) is 2.94. The number of aryl methyl sites for hydroxylation is 2. The zero-order valence-corrected chi connectivity index (χ0v) is 17.6. The van der Waals surface area contributed by atoms with Crippen molar-refractivity contribution in [1.82, 2.24) is 4.57 Å². The van der Waals surface area contributed by atoms with Crippen LogP contribution in [0.2, 0.25) is 0 Å². The zero-order chi connectivity index (χ0) is 19.6. The highest BCUT2D eigenvalue weighted by Crippen LogP contribution is 2.24. The first-order valence-corrected chi connectivity index (χ1v) is 10.5. The van der Waals surface area contributed by atoms with E-state index in [1.54, 1.807) is 11.8 Å². The monoisotopic (exact) mass is 394 g/mol. The van der Waals surface area contributed by atoms with E-state index in [2.05, 4.69) is 50.7 Å². The zero-order valence-electron chi connectivity index (χ0n) is 15.9. The van der Waals surface area contributed by atoms with Crippen LogP contribution in [0.4, 0.5) is 0 Å². The summed E-state index contributed by atoms with van der Waals surface area (Å²) in [5.41, 5.74) is 3.95. The van der Waals surface area contributed by atoms with Crippen LogP contribution in [0.15, 0.2) is 46.3 Å². The first kappa shape index (κ1) is 19.5. The molecule has 0 saturated heterocycles. The van der Waals surface area contributed by atoms with Gasteiger partial charge in [-0.2, -0.15) is 4.99 Å². The standard InChI is InChI=1S/C22H22N2OS2/c1-6-11-24-19-13-15(4)12-16(5)20(19)27-22(24)23-21(25)17-7-9-18(10-8-17)26-14(2)3/h1,7-10,12-14H,11H2,2-5H3. The molecule has 0 radical (unpaired) electrons. The van der Waals surface area contributed by atoms with Crippen molar-refractivity contribution in [3.63, 3.8) is 0 Å². The highest BCUT2D eigenvalue weighted by molar-refractivity contribution is 7.99. The number of amides is 1. The topological polar surface area (TPSA) is 34.4 Å². The van der Waals surface area contributed by atoms with E-state index in [-0.39, 0.29) is 5.91 Å². The molecule has 0 N–H and O–H groups in total. The number of rotatable bonds is 4. The fraction of sp³-hybridized carbons (Fsp3) is 0.273. The molecule has 0 spiro atoms. The molecular formula is C22H22N2OS2. The maximum atomic E-state index is 12.7. The molecule has 3 nitrogen and oxygen atoms in total. The van der Waals surface area contributed by atoms with Crippen LogP contribution in [0.1, 0.15) is 35.3 Å². The minimum absolute atomic E-state index is 0.247. The van der Waals surface area contributed by atoms with Crippen molar-refractivity contribution in [2.24, 2.45) is 4.99 Å². The first-order chi connectivity index (χ1) is 12.9. The van der Waals surface area contributed by atoms with Gasteiger partial charge in [-0.1, -0.05) is 37.2 Å². The van der Waals surface area contributed by atoms with Crippen LogP contribution in [0.5, 0.6) is 0 Å². The molecule has 0 aliphatic carbocycles. The summed E-state index contributed by atoms with van der Waals surface area (Å²) >= 11 is 3.28. The number of carbonyl (C=O) groups is 1. The Morgan fingerprint density at radius 3 is 2.59 bits per heavy atom. The van der Waals surface area contributed by atoms with Gasteiger partial charge in [-0.15, -0.1) is 18.2 Å². The molecule has 0 atom stereocenters. The van der Waals surface area contributed by atoms with E-state index >= 15 is 0 Å². The Hall–Kier alpha value is -2.29. The summed E-state index contributed by atoms with van der Waals surface area (Å²) in [6.07, 6.45) is 5.56. The van der Waals surface area contributed by atoms with Crippen LogP contribution in [-0.4, -0.2) is 15.7 Å². The fourth-order valence-corrected chi connectivity index (χ4v) is 4.86. The van der Waals surface area contributed by atoms with E-state index in [0.29, 0.717) is 22.2 Å². The van der Waals surface area contributed by atoms with Crippen molar-refractivity contribution >= 4 is 39.2 Å². The van der Waals surface area contributed by atoms with Crippen molar-refractivity contribution < 1.29 is 4.79 Å². The van der Waals surface area contributed by atoms with Crippen molar-refractivity contribution in [2.45, 2.75) is 44.4 Å². The van der Waals surface area contributed by atoms with E-state index < -0.39 is 0 Å². The minimum atomic E-state index is -0.247. The Morgan fingerprint density at radius 2 is 1.96 bits per heavy atom. The molecule has 5 heteroatoms. The van der Waals surface area contributed by atoms with Crippen molar-refractivity contribution in [3.05, 3.63) is 57.9 Å². The average Bonchev–Trinajstić information content (AvgIpc) is 2.93. The molecule has 0 saturated carbocycles. The van der Waals surface area contributed by atoms with Crippen molar-refractivity contribution in [3.8, 4) is 12.3 Å². The van der Waals surface area contributed by atoms with E-state index in [9.17, 15) is 4.79 Å². The maximum Gasteiger partial charge on any atom is 0.279 e. The largest absolute Gasteiger partial charge is 0.305 e. The summed E-state index contributed by atoms with van der Waals surface area (Å²) in [6.45, 7) is 8.81. The third-order valence-corrected chi connectivity index (χ3v) is 6.28. The molecule has 1 amide bonds. The summed E-state index contributed by atoms with van der Waals surface area (Å²) in [6, 6.07) is 11.9. The third kappa shape index (κ3) is 4.35. The summed E-state index contributed by atoms with van der Waals surface area (Å²) in [5.74, 6) is 2.43. The Bertz CT molecular complexity index is 1100. The molecular weight excluding hydrogens is 372 g/mol. The number of hydrogen-bond acceptors (Lipinski definition) is 3. The van der Waals surface area contributed by atoms with Gasteiger partial charge in [0.15, 0.2) is 4.80 Å². The SMILES string of the molecule is C#CCn1c(=NC(=O)c2ccc(SC(C)C)cc2)sc2c(C)cc(C)cc21. The van der Waals surface area contributed by atoms with E-state index in [1.165, 1.54) is 22.5 Å². The maximum absolute atomic E-state index is 12.7. The van der Waals surface area contributed by atoms with E-state index in [0.717, 1.165) is 15.1 Å². The number of benzene rings is 2. The second kappa shape index (κ2) is 8.16. The van der Waals surface area contributed by atoms with Gasteiger partial charge in [-0.25, -0.2) is 0 Å². The molecule has 2 aromatic carbocycles. The highest BCUT2D eigenvalue weighted by Gasteiger charge is 2.11. The van der Waals surface area contributed by atoms with Gasteiger partial charge < -0.3 is 4.57 Å². The number of hydrogen-bond donors (Lipinski definition) is 0. The molecule has 27 heavy (non-hydrogen) atoms. The Morgan fingerprint density at radius 1 is 1.26 bits per heavy atom. The molecule has 0 aliphatic rings. The normalized spacial score (nSPS) is 11.9. The van der Waals surface area contributed by atoms with Gasteiger partial charge >= 0.3 is 0 Å². The summed E-state index contributed by atoms with van der Waals surface area (Å²) in [4.78, 5) is 18.9. The molecule has 0 fully saturated rings. The minimum Gasteiger partial charge on any atom is -0.305 e. The summed E-state index contributed by atoms with van der Waals surface area (Å²) in [7, 11) is 0. The van der Waals surface area contributed by atoms with Crippen LogP contribution in [0.25, 0.3) is 10.2 Å². The van der Waals surface area contributed by atoms with Crippen LogP contribution in [0.3, 0.4) is 0 Å². The molecule has 0 bridgehead atoms. The molecule has 3 rings (SSSR count). The number of thiazole rings is 1. The molecule has 138 valence electrons. The number of terminal acetylenes is 1. The van der Waals surface area contributed by atoms with Crippen LogP contribution in [0, 0.1) is 26.2 Å². The second-order valence-corrected chi connectivity index (χ2v) is 9.34. The van der Waals surface area contributed by atoms with Crippen LogP contribution >= 0.6 is 23.1 Å². The lowest BCUT2D eigenvalue weighted by molar-refractivity contribution is 0.0998. The summed E-state index contributed by atoms with van der Waals surface area (Å²) in [5, 5.41) is 0.504. The number of fused-ring (bicyclic) bond motifs is 1. The van der Waals surface area contributed by atoms with Gasteiger partial charge in [-0.05, 0) is 55.3 Å². The van der Waals surface area contributed by atoms with E-state index in [1.807, 2.05) is 28.8 Å². The number of thioether (sulfide) groups is 1.